The Hall–Kier alpha value is -2.96. The molecule has 0 aliphatic rings. The molecule has 0 fully saturated rings. The van der Waals surface area contributed by atoms with E-state index < -0.39 is 5.91 Å². The van der Waals surface area contributed by atoms with Gasteiger partial charge in [-0.1, -0.05) is 19.1 Å². The van der Waals surface area contributed by atoms with E-state index in [1.165, 1.54) is 19.2 Å². The third kappa shape index (κ3) is 4.07. The number of hydrogen-bond acceptors (Lipinski definition) is 4. The molecule has 0 saturated heterocycles. The number of nitrogens with one attached hydrogen (secondary N) is 2. The molecule has 2 amide bonds. The summed E-state index contributed by atoms with van der Waals surface area (Å²) in [5, 5.41) is 9.43. The van der Waals surface area contributed by atoms with E-state index in [1.807, 2.05) is 13.8 Å². The molecule has 0 radical (unpaired) electrons. The fourth-order valence-corrected chi connectivity index (χ4v) is 2.00. The summed E-state index contributed by atoms with van der Waals surface area (Å²) in [6.45, 7) is 3.89. The fraction of sp³-hybridized carbons (Fsp3) is 0.294. The third-order valence-electron chi connectivity index (χ3n) is 3.60. The number of amides is 2. The maximum absolute atomic E-state index is 12.3. The normalized spacial score (nSPS) is 11.6. The van der Waals surface area contributed by atoms with E-state index in [9.17, 15) is 14.4 Å². The first-order valence-corrected chi connectivity index (χ1v) is 7.68. The molecular formula is C17H20N4O3. The van der Waals surface area contributed by atoms with E-state index in [1.54, 1.807) is 24.3 Å². The number of hydrogen-bond donors (Lipinski definition) is 2. The molecule has 1 heterocycles. The second-order valence-electron chi connectivity index (χ2n) is 5.46. The topological polar surface area (TPSA) is 93.1 Å². The van der Waals surface area contributed by atoms with Crippen LogP contribution in [0.4, 0.5) is 5.69 Å². The first kappa shape index (κ1) is 17.4. The highest BCUT2D eigenvalue weighted by Gasteiger charge is 2.16. The highest BCUT2D eigenvalue weighted by atomic mass is 16.2. The quantitative estimate of drug-likeness (QED) is 0.871. The minimum atomic E-state index is -0.491. The molecule has 2 rings (SSSR count). The number of benzene rings is 1. The monoisotopic (exact) mass is 328 g/mol. The summed E-state index contributed by atoms with van der Waals surface area (Å²) < 4.78 is 1.08. The molecule has 2 aromatic rings. The number of carbonyl (C=O) groups excluding carboxylic acids is 2. The van der Waals surface area contributed by atoms with Crippen LogP contribution in [0.25, 0.3) is 0 Å². The van der Waals surface area contributed by atoms with Gasteiger partial charge in [0.2, 0.25) is 0 Å². The molecule has 1 atom stereocenters. The summed E-state index contributed by atoms with van der Waals surface area (Å²) in [6.07, 6.45) is 0.808. The van der Waals surface area contributed by atoms with E-state index in [4.69, 9.17) is 0 Å². The van der Waals surface area contributed by atoms with Gasteiger partial charge in [-0.15, -0.1) is 0 Å². The van der Waals surface area contributed by atoms with Gasteiger partial charge < -0.3 is 10.6 Å². The molecule has 7 nitrogen and oxygen atoms in total. The molecule has 7 heteroatoms. The molecule has 1 aromatic heterocycles. The lowest BCUT2D eigenvalue weighted by molar-refractivity contribution is 0.0940. The molecule has 0 aliphatic heterocycles. The Kier molecular flexibility index (Phi) is 5.47. The first-order valence-electron chi connectivity index (χ1n) is 7.68. The van der Waals surface area contributed by atoms with Crippen molar-refractivity contribution in [2.45, 2.75) is 26.3 Å². The highest BCUT2D eigenvalue weighted by Crippen LogP contribution is 2.16. The van der Waals surface area contributed by atoms with Crippen molar-refractivity contribution >= 4 is 17.5 Å². The number of rotatable bonds is 5. The van der Waals surface area contributed by atoms with Crippen molar-refractivity contribution in [2.24, 2.45) is 7.05 Å². The van der Waals surface area contributed by atoms with Crippen LogP contribution in [0.3, 0.4) is 0 Å². The van der Waals surface area contributed by atoms with E-state index >= 15 is 0 Å². The van der Waals surface area contributed by atoms with Gasteiger partial charge in [-0.05, 0) is 31.5 Å². The lowest BCUT2D eigenvalue weighted by Gasteiger charge is -2.14. The molecular weight excluding hydrogens is 308 g/mol. The van der Waals surface area contributed by atoms with Crippen LogP contribution < -0.4 is 16.2 Å². The summed E-state index contributed by atoms with van der Waals surface area (Å²) in [7, 11) is 1.46. The number of carbonyl (C=O) groups is 2. The Morgan fingerprint density at radius 1 is 1.17 bits per heavy atom. The third-order valence-corrected chi connectivity index (χ3v) is 3.60. The van der Waals surface area contributed by atoms with Crippen molar-refractivity contribution in [1.29, 1.82) is 0 Å². The van der Waals surface area contributed by atoms with Gasteiger partial charge in [0.1, 0.15) is 5.69 Å². The van der Waals surface area contributed by atoms with E-state index in [-0.39, 0.29) is 23.2 Å². The Bertz CT molecular complexity index is 813. The minimum Gasteiger partial charge on any atom is -0.350 e. The standard InChI is InChI=1S/C17H20N4O3/c1-4-11(2)18-16(23)12-7-5-6-8-13(12)19-17(24)14-9-10-15(22)21(3)20-14/h5-11H,4H2,1-3H3,(H,18,23)(H,19,24). The lowest BCUT2D eigenvalue weighted by Crippen LogP contribution is -2.32. The Morgan fingerprint density at radius 3 is 2.54 bits per heavy atom. The van der Waals surface area contributed by atoms with Crippen molar-refractivity contribution in [3.63, 3.8) is 0 Å². The Morgan fingerprint density at radius 2 is 1.88 bits per heavy atom. The zero-order valence-electron chi connectivity index (χ0n) is 13.9. The molecule has 0 spiro atoms. The maximum Gasteiger partial charge on any atom is 0.276 e. The van der Waals surface area contributed by atoms with Crippen LogP contribution in [-0.2, 0) is 7.05 Å². The maximum atomic E-state index is 12.3. The fourth-order valence-electron chi connectivity index (χ4n) is 2.00. The van der Waals surface area contributed by atoms with Gasteiger partial charge in [0.05, 0.1) is 11.3 Å². The van der Waals surface area contributed by atoms with Crippen LogP contribution in [-0.4, -0.2) is 27.6 Å². The zero-order chi connectivity index (χ0) is 17.7. The van der Waals surface area contributed by atoms with E-state index in [0.717, 1.165) is 11.1 Å². The second kappa shape index (κ2) is 7.54. The van der Waals surface area contributed by atoms with Gasteiger partial charge in [0, 0.05) is 19.2 Å². The van der Waals surface area contributed by atoms with Crippen LogP contribution in [0.1, 0.15) is 41.1 Å². The number of anilines is 1. The Labute approximate surface area is 139 Å². The summed E-state index contributed by atoms with van der Waals surface area (Å²) in [6, 6.07) is 9.39. The van der Waals surface area contributed by atoms with Crippen LogP contribution in [0.15, 0.2) is 41.2 Å². The van der Waals surface area contributed by atoms with Gasteiger partial charge in [0.25, 0.3) is 17.4 Å². The molecule has 0 aliphatic carbocycles. The summed E-state index contributed by atoms with van der Waals surface area (Å²) in [4.78, 5) is 36.0. The average Bonchev–Trinajstić information content (AvgIpc) is 2.57. The predicted octanol–water partition coefficient (Wildman–Crippen LogP) is 1.56. The Balaban J connectivity index is 2.23. The molecule has 1 aromatic carbocycles. The minimum absolute atomic E-state index is 0.0339. The van der Waals surface area contributed by atoms with Crippen molar-refractivity contribution in [3.8, 4) is 0 Å². The number of aryl methyl sites for hydroxylation is 1. The predicted molar refractivity (Wildman–Crippen MR) is 91.1 cm³/mol. The smallest absolute Gasteiger partial charge is 0.276 e. The highest BCUT2D eigenvalue weighted by molar-refractivity contribution is 6.08. The number of para-hydroxylation sites is 1. The molecule has 2 N–H and O–H groups in total. The van der Waals surface area contributed by atoms with E-state index in [0.29, 0.717) is 11.3 Å². The van der Waals surface area contributed by atoms with Crippen molar-refractivity contribution < 1.29 is 9.59 Å². The van der Waals surface area contributed by atoms with Gasteiger partial charge in [-0.3, -0.25) is 14.4 Å². The molecule has 126 valence electrons. The number of nitrogens with zero attached hydrogens (tertiary/aromatic N) is 2. The van der Waals surface area contributed by atoms with Gasteiger partial charge in [-0.2, -0.15) is 5.10 Å². The zero-order valence-corrected chi connectivity index (χ0v) is 13.9. The van der Waals surface area contributed by atoms with Crippen LogP contribution >= 0.6 is 0 Å². The van der Waals surface area contributed by atoms with Gasteiger partial charge in [0.15, 0.2) is 0 Å². The van der Waals surface area contributed by atoms with Crippen molar-refractivity contribution in [3.05, 3.63) is 58.0 Å². The van der Waals surface area contributed by atoms with Crippen LogP contribution in [0, 0.1) is 0 Å². The van der Waals surface area contributed by atoms with E-state index in [2.05, 4.69) is 15.7 Å². The SMILES string of the molecule is CCC(C)NC(=O)c1ccccc1NC(=O)c1ccc(=O)n(C)n1. The summed E-state index contributed by atoms with van der Waals surface area (Å²) >= 11 is 0. The lowest BCUT2D eigenvalue weighted by atomic mass is 10.1. The first-order chi connectivity index (χ1) is 11.4. The molecule has 0 bridgehead atoms. The second-order valence-corrected chi connectivity index (χ2v) is 5.46. The average molecular weight is 328 g/mol. The van der Waals surface area contributed by atoms with Crippen molar-refractivity contribution in [1.82, 2.24) is 15.1 Å². The van der Waals surface area contributed by atoms with Crippen LogP contribution in [0.5, 0.6) is 0 Å². The summed E-state index contributed by atoms with van der Waals surface area (Å²) in [5.74, 6) is -0.747. The van der Waals surface area contributed by atoms with Gasteiger partial charge >= 0.3 is 0 Å². The molecule has 0 saturated carbocycles. The largest absolute Gasteiger partial charge is 0.350 e. The van der Waals surface area contributed by atoms with Crippen LogP contribution in [0.2, 0.25) is 0 Å². The number of aromatic nitrogens is 2. The molecule has 24 heavy (non-hydrogen) atoms. The van der Waals surface area contributed by atoms with Gasteiger partial charge in [-0.25, -0.2) is 4.68 Å². The molecule has 1 unspecified atom stereocenters. The van der Waals surface area contributed by atoms with Crippen molar-refractivity contribution in [2.75, 3.05) is 5.32 Å². The summed E-state index contributed by atoms with van der Waals surface area (Å²) in [5.41, 5.74) is 0.545.